The van der Waals surface area contributed by atoms with E-state index in [2.05, 4.69) is 186 Å². The first-order valence-electron chi connectivity index (χ1n) is 17.0. The molecule has 0 saturated carbocycles. The molecular weight excluding hydrogens is 627 g/mol. The van der Waals surface area contributed by atoms with Crippen LogP contribution >= 0.6 is 11.3 Å². The Morgan fingerprint density at radius 3 is 1.74 bits per heavy atom. The molecule has 0 saturated heterocycles. The number of aliphatic imine (C=N–C) groups is 1. The summed E-state index contributed by atoms with van der Waals surface area (Å²) in [7, 11) is 0. The molecule has 9 aromatic rings. The van der Waals surface area contributed by atoms with E-state index < -0.39 is 0 Å². The lowest BCUT2D eigenvalue weighted by Crippen LogP contribution is -2.31. The zero-order chi connectivity index (χ0) is 33.0. The van der Waals surface area contributed by atoms with Crippen molar-refractivity contribution >= 4 is 64.8 Å². The largest absolute Gasteiger partial charge is 0.359 e. The molecule has 1 aliphatic heterocycles. The first kappa shape index (κ1) is 28.8. The second-order valence-electron chi connectivity index (χ2n) is 12.8. The summed E-state index contributed by atoms with van der Waals surface area (Å²) < 4.78 is 4.96. The van der Waals surface area contributed by atoms with E-state index in [4.69, 9.17) is 4.99 Å². The van der Waals surface area contributed by atoms with E-state index in [-0.39, 0.29) is 6.04 Å². The maximum absolute atomic E-state index is 5.31. The van der Waals surface area contributed by atoms with Crippen LogP contribution in [0.2, 0.25) is 0 Å². The molecule has 50 heavy (non-hydrogen) atoms. The first-order valence-corrected chi connectivity index (χ1v) is 17.8. The summed E-state index contributed by atoms with van der Waals surface area (Å²) in [5, 5.41) is 8.82. The van der Waals surface area contributed by atoms with Crippen molar-refractivity contribution in [2.45, 2.75) is 6.04 Å². The number of hydrogen-bond acceptors (Lipinski definition) is 3. The number of benzene rings is 7. The Labute approximate surface area is 294 Å². The van der Waals surface area contributed by atoms with Crippen LogP contribution in [0.5, 0.6) is 0 Å². The molecule has 1 aliphatic rings. The van der Waals surface area contributed by atoms with Crippen LogP contribution in [0.15, 0.2) is 181 Å². The Bertz CT molecular complexity index is 2720. The molecule has 0 bridgehead atoms. The monoisotopic (exact) mass is 657 g/mol. The SMILES string of the molecule is C1=C(c2cccc3c2sc2c(-n4c5ccccc5c5ccccc54)cccc23)N=C(c2ccccc2)NC1c1ccc(-c2ccccc2)cc1. The summed E-state index contributed by atoms with van der Waals surface area (Å²) in [6.45, 7) is 0. The van der Waals surface area contributed by atoms with Crippen LogP contribution in [0.4, 0.5) is 0 Å². The Balaban J connectivity index is 1.15. The minimum atomic E-state index is -0.0414. The molecule has 0 aliphatic carbocycles. The van der Waals surface area contributed by atoms with E-state index in [0.717, 1.165) is 22.7 Å². The highest BCUT2D eigenvalue weighted by molar-refractivity contribution is 7.26. The molecule has 1 unspecified atom stereocenters. The van der Waals surface area contributed by atoms with Crippen molar-refractivity contribution < 1.29 is 0 Å². The maximum atomic E-state index is 5.31. The number of rotatable bonds is 5. The van der Waals surface area contributed by atoms with Gasteiger partial charge >= 0.3 is 0 Å². The molecule has 4 heteroatoms. The Morgan fingerprint density at radius 2 is 1.04 bits per heavy atom. The van der Waals surface area contributed by atoms with Crippen molar-refractivity contribution in [2.75, 3.05) is 0 Å². The zero-order valence-electron chi connectivity index (χ0n) is 27.1. The fourth-order valence-corrected chi connectivity index (χ4v) is 8.82. The molecule has 3 heterocycles. The summed E-state index contributed by atoms with van der Waals surface area (Å²) in [6.07, 6.45) is 2.29. The van der Waals surface area contributed by atoms with Crippen molar-refractivity contribution in [3.63, 3.8) is 0 Å². The lowest BCUT2D eigenvalue weighted by molar-refractivity contribution is 0.781. The highest BCUT2D eigenvalue weighted by Gasteiger charge is 2.23. The molecule has 236 valence electrons. The molecule has 0 fully saturated rings. The summed E-state index contributed by atoms with van der Waals surface area (Å²) >= 11 is 1.87. The standard InChI is InChI=1S/C46H31N3S/c1-3-13-30(14-4-1)31-25-27-32(28-26-31)39-29-40(48-46(47-39)33-15-5-2-6-16-33)38-21-11-19-36-37-20-12-24-43(45(37)50-44(36)38)49-41-22-9-7-17-34(41)35-18-8-10-23-42(35)49/h1-29,39H,(H,47,48). The van der Waals surface area contributed by atoms with Gasteiger partial charge in [0.15, 0.2) is 0 Å². The Kier molecular flexibility index (Phi) is 6.74. The number of hydrogen-bond donors (Lipinski definition) is 1. The fraction of sp³-hybridized carbons (Fsp3) is 0.0217. The van der Waals surface area contributed by atoms with Crippen LogP contribution in [0.1, 0.15) is 22.7 Å². The van der Waals surface area contributed by atoms with Crippen LogP contribution in [-0.2, 0) is 0 Å². The summed E-state index contributed by atoms with van der Waals surface area (Å²) in [6, 6.07) is 60.7. The zero-order valence-corrected chi connectivity index (χ0v) is 27.9. The Morgan fingerprint density at radius 1 is 0.480 bits per heavy atom. The smallest absolute Gasteiger partial charge is 0.134 e. The molecule has 7 aromatic carbocycles. The molecule has 2 aromatic heterocycles. The van der Waals surface area contributed by atoms with Gasteiger partial charge in [0.2, 0.25) is 0 Å². The third-order valence-corrected chi connectivity index (χ3v) is 11.2. The van der Waals surface area contributed by atoms with E-state index >= 15 is 0 Å². The lowest BCUT2D eigenvalue weighted by Gasteiger charge is -2.25. The van der Waals surface area contributed by atoms with Crippen LogP contribution in [0.3, 0.4) is 0 Å². The predicted octanol–water partition coefficient (Wildman–Crippen LogP) is 12.0. The van der Waals surface area contributed by atoms with Crippen molar-refractivity contribution in [3.05, 3.63) is 193 Å². The van der Waals surface area contributed by atoms with Gasteiger partial charge in [-0.1, -0.05) is 152 Å². The summed E-state index contributed by atoms with van der Waals surface area (Å²) in [4.78, 5) is 5.31. The average molecular weight is 658 g/mol. The number of amidine groups is 1. The third-order valence-electron chi connectivity index (χ3n) is 9.87. The van der Waals surface area contributed by atoms with Crippen molar-refractivity contribution in [1.29, 1.82) is 0 Å². The van der Waals surface area contributed by atoms with Gasteiger partial charge < -0.3 is 9.88 Å². The van der Waals surface area contributed by atoms with Crippen molar-refractivity contribution in [3.8, 4) is 16.8 Å². The molecule has 0 amide bonds. The van der Waals surface area contributed by atoms with Gasteiger partial charge in [0, 0.05) is 37.4 Å². The number of para-hydroxylation sites is 2. The number of thiophene rings is 1. The van der Waals surface area contributed by atoms with E-state index in [0.29, 0.717) is 0 Å². The summed E-state index contributed by atoms with van der Waals surface area (Å²) in [5.74, 6) is 0.879. The molecule has 0 spiro atoms. The van der Waals surface area contributed by atoms with Gasteiger partial charge in [0.1, 0.15) is 5.84 Å². The quantitative estimate of drug-likeness (QED) is 0.196. The number of fused-ring (bicyclic) bond motifs is 6. The number of nitrogens with zero attached hydrogens (tertiary/aromatic N) is 2. The highest BCUT2D eigenvalue weighted by atomic mass is 32.1. The van der Waals surface area contributed by atoms with E-state index in [9.17, 15) is 0 Å². The number of aromatic nitrogens is 1. The van der Waals surface area contributed by atoms with Gasteiger partial charge in [-0.05, 0) is 41.0 Å². The molecule has 3 nitrogen and oxygen atoms in total. The fourth-order valence-electron chi connectivity index (χ4n) is 7.49. The van der Waals surface area contributed by atoms with Gasteiger partial charge in [-0.15, -0.1) is 11.3 Å². The second kappa shape index (κ2) is 11.7. The van der Waals surface area contributed by atoms with Crippen LogP contribution in [0, 0.1) is 0 Å². The Hall–Kier alpha value is -6.23. The van der Waals surface area contributed by atoms with Crippen LogP contribution in [-0.4, -0.2) is 10.4 Å². The topological polar surface area (TPSA) is 29.3 Å². The normalized spacial score (nSPS) is 14.6. The summed E-state index contributed by atoms with van der Waals surface area (Å²) in [5.41, 5.74) is 10.5. The number of nitrogens with one attached hydrogen (secondary N) is 1. The van der Waals surface area contributed by atoms with E-state index in [1.807, 2.05) is 11.3 Å². The minimum absolute atomic E-state index is 0.0414. The maximum Gasteiger partial charge on any atom is 0.134 e. The molecule has 1 N–H and O–H groups in total. The van der Waals surface area contributed by atoms with Crippen LogP contribution < -0.4 is 5.32 Å². The first-order chi connectivity index (χ1) is 24.8. The molecular formula is C46H31N3S. The highest BCUT2D eigenvalue weighted by Crippen LogP contribution is 2.44. The average Bonchev–Trinajstić information content (AvgIpc) is 3.75. The predicted molar refractivity (Wildman–Crippen MR) is 212 cm³/mol. The molecule has 1 atom stereocenters. The lowest BCUT2D eigenvalue weighted by atomic mass is 9.97. The van der Waals surface area contributed by atoms with Gasteiger partial charge in [0.25, 0.3) is 0 Å². The van der Waals surface area contributed by atoms with Gasteiger partial charge in [0.05, 0.1) is 33.2 Å². The van der Waals surface area contributed by atoms with Gasteiger partial charge in [-0.2, -0.15) is 0 Å². The molecule has 0 radical (unpaired) electrons. The minimum Gasteiger partial charge on any atom is -0.359 e. The second-order valence-corrected chi connectivity index (χ2v) is 13.8. The van der Waals surface area contributed by atoms with E-state index in [1.54, 1.807) is 0 Å². The van der Waals surface area contributed by atoms with Crippen molar-refractivity contribution in [2.24, 2.45) is 4.99 Å². The van der Waals surface area contributed by atoms with Crippen molar-refractivity contribution in [1.82, 2.24) is 9.88 Å². The third kappa shape index (κ3) is 4.68. The van der Waals surface area contributed by atoms with Gasteiger partial charge in [-0.25, -0.2) is 4.99 Å². The van der Waals surface area contributed by atoms with E-state index in [1.165, 1.54) is 64.4 Å². The molecule has 10 rings (SSSR count). The van der Waals surface area contributed by atoms with Crippen LogP contribution in [0.25, 0.3) is 64.5 Å². The van der Waals surface area contributed by atoms with Gasteiger partial charge in [-0.3, -0.25) is 0 Å².